The first-order valence-electron chi connectivity index (χ1n) is 12.4. The number of hydrogen-bond donors (Lipinski definition) is 1. The molecule has 37 heavy (non-hydrogen) atoms. The van der Waals surface area contributed by atoms with E-state index in [0.717, 1.165) is 23.0 Å². The molecule has 0 bridgehead atoms. The van der Waals surface area contributed by atoms with Crippen LogP contribution in [0.4, 0.5) is 16.4 Å². The van der Waals surface area contributed by atoms with E-state index in [4.69, 9.17) is 0 Å². The van der Waals surface area contributed by atoms with Crippen LogP contribution in [0.5, 0.6) is 0 Å². The highest BCUT2D eigenvalue weighted by atomic mass is 32.2. The van der Waals surface area contributed by atoms with Gasteiger partial charge < -0.3 is 15.1 Å². The molecule has 9 nitrogen and oxygen atoms in total. The molecular formula is C26H34N4O5S2. The summed E-state index contributed by atoms with van der Waals surface area (Å²) >= 11 is 1.71. The predicted octanol–water partition coefficient (Wildman–Crippen LogP) is 4.42. The highest BCUT2D eigenvalue weighted by molar-refractivity contribution is 7.91. The standard InChI is InChI=1S/C19H28N2O3S2.C7H6N2O2/c1-18(2,3)15-9-14(16(22)21-5-7-26(23,24)8-6-21)17(25-15)20(4)12-19-10-13(19)11-19;10-5-8-6-2-1-3-7(4-6)9-11/h9,13H,5-8,10-12H2,1-4H3;1-5H,(H,8,10). The third-order valence-corrected chi connectivity index (χ3v) is 10.5. The molecule has 1 N–H and O–H groups in total. The Bertz CT molecular complexity index is 1280. The number of rotatable bonds is 7. The van der Waals surface area contributed by atoms with Gasteiger partial charge in [0, 0.05) is 37.2 Å². The molecular weight excluding hydrogens is 512 g/mol. The lowest BCUT2D eigenvalue weighted by atomic mass is 9.94. The first-order valence-corrected chi connectivity index (χ1v) is 15.0. The van der Waals surface area contributed by atoms with E-state index in [0.29, 0.717) is 36.3 Å². The molecule has 0 radical (unpaired) electrons. The van der Waals surface area contributed by atoms with Crippen LogP contribution in [0.3, 0.4) is 0 Å². The van der Waals surface area contributed by atoms with Gasteiger partial charge >= 0.3 is 0 Å². The van der Waals surface area contributed by atoms with E-state index in [2.05, 4.69) is 43.2 Å². The van der Waals surface area contributed by atoms with Gasteiger partial charge in [-0.15, -0.1) is 16.2 Å². The van der Waals surface area contributed by atoms with E-state index >= 15 is 0 Å². The number of benzene rings is 1. The van der Waals surface area contributed by atoms with Crippen LogP contribution in [0, 0.1) is 16.2 Å². The number of carbonyl (C=O) groups excluding carboxylic acids is 2. The molecule has 2 heterocycles. The quantitative estimate of drug-likeness (QED) is 0.406. The molecule has 2 amide bonds. The van der Waals surface area contributed by atoms with Crippen molar-refractivity contribution in [2.45, 2.75) is 39.0 Å². The summed E-state index contributed by atoms with van der Waals surface area (Å²) < 4.78 is 23.4. The van der Waals surface area contributed by atoms with Gasteiger partial charge in [-0.25, -0.2) is 8.42 Å². The summed E-state index contributed by atoms with van der Waals surface area (Å²) in [5.41, 5.74) is 2.13. The maximum absolute atomic E-state index is 13.2. The van der Waals surface area contributed by atoms with Gasteiger partial charge in [0.2, 0.25) is 6.41 Å². The first kappa shape index (κ1) is 27.3. The molecule has 5 rings (SSSR count). The fourth-order valence-corrected chi connectivity index (χ4v) is 6.97. The number of thiophene rings is 1. The van der Waals surface area contributed by atoms with Gasteiger partial charge in [0.1, 0.15) is 10.7 Å². The molecule has 3 fully saturated rings. The van der Waals surface area contributed by atoms with E-state index in [1.54, 1.807) is 34.4 Å². The molecule has 1 aromatic carbocycles. The average Bonchev–Trinajstić information content (AvgIpc) is 3.62. The molecule has 1 aromatic heterocycles. The number of nitroso groups, excluding NO2 is 1. The number of hydrogen-bond acceptors (Lipinski definition) is 8. The summed E-state index contributed by atoms with van der Waals surface area (Å²) in [6.07, 6.45) is 3.22. The number of nitrogens with zero attached hydrogens (tertiary/aromatic N) is 3. The first-order chi connectivity index (χ1) is 17.4. The Hall–Kier alpha value is -2.79. The predicted molar refractivity (Wildman–Crippen MR) is 148 cm³/mol. The number of amides is 2. The van der Waals surface area contributed by atoms with Crippen LogP contribution < -0.4 is 10.2 Å². The molecule has 11 heteroatoms. The second-order valence-corrected chi connectivity index (χ2v) is 14.6. The lowest BCUT2D eigenvalue weighted by Crippen LogP contribution is -2.44. The minimum absolute atomic E-state index is 0.00991. The summed E-state index contributed by atoms with van der Waals surface area (Å²) in [6, 6.07) is 8.40. The van der Waals surface area contributed by atoms with Crippen LogP contribution in [0.15, 0.2) is 35.5 Å². The lowest BCUT2D eigenvalue weighted by molar-refractivity contribution is -0.105. The minimum atomic E-state index is -2.99. The van der Waals surface area contributed by atoms with Crippen LogP contribution in [-0.4, -0.2) is 63.8 Å². The van der Waals surface area contributed by atoms with Gasteiger partial charge in [0.15, 0.2) is 9.84 Å². The van der Waals surface area contributed by atoms with Gasteiger partial charge in [-0.2, -0.15) is 0 Å². The highest BCUT2D eigenvalue weighted by Gasteiger charge is 2.69. The van der Waals surface area contributed by atoms with Gasteiger partial charge in [-0.3, -0.25) is 9.59 Å². The minimum Gasteiger partial charge on any atom is -0.365 e. The molecule has 2 saturated carbocycles. The molecule has 200 valence electrons. The number of anilines is 2. The zero-order chi connectivity index (χ0) is 27.0. The number of sulfone groups is 1. The van der Waals surface area contributed by atoms with Crippen LogP contribution in [0.25, 0.3) is 0 Å². The van der Waals surface area contributed by atoms with Crippen molar-refractivity contribution in [3.8, 4) is 0 Å². The van der Waals surface area contributed by atoms with Crippen molar-refractivity contribution in [3.63, 3.8) is 0 Å². The van der Waals surface area contributed by atoms with Crippen LogP contribution in [0.2, 0.25) is 0 Å². The molecule has 0 spiro atoms. The van der Waals surface area contributed by atoms with E-state index in [1.165, 1.54) is 23.8 Å². The Kier molecular flexibility index (Phi) is 7.49. The number of nitrogens with one attached hydrogen (secondary N) is 1. The summed E-state index contributed by atoms with van der Waals surface area (Å²) in [5.74, 6) is 1.04. The summed E-state index contributed by atoms with van der Waals surface area (Å²) in [4.78, 5) is 38.3. The maximum atomic E-state index is 13.2. The Labute approximate surface area is 222 Å². The molecule has 1 saturated heterocycles. The molecule has 0 atom stereocenters. The van der Waals surface area contributed by atoms with Gasteiger partial charge in [-0.1, -0.05) is 26.8 Å². The third kappa shape index (κ3) is 6.38. The van der Waals surface area contributed by atoms with E-state index in [9.17, 15) is 22.9 Å². The summed E-state index contributed by atoms with van der Waals surface area (Å²) in [6.45, 7) is 8.13. The van der Waals surface area contributed by atoms with Gasteiger partial charge in [-0.05, 0) is 59.0 Å². The Morgan fingerprint density at radius 1 is 1.24 bits per heavy atom. The molecule has 2 aliphatic carbocycles. The average molecular weight is 547 g/mol. The fourth-order valence-electron chi connectivity index (χ4n) is 4.60. The normalized spacial score (nSPS) is 23.1. The Morgan fingerprint density at radius 2 is 1.89 bits per heavy atom. The van der Waals surface area contributed by atoms with Crippen molar-refractivity contribution in [1.29, 1.82) is 0 Å². The zero-order valence-corrected chi connectivity index (χ0v) is 23.3. The monoisotopic (exact) mass is 546 g/mol. The second kappa shape index (κ2) is 10.2. The SMILES string of the molecule is CN(CC12CC1C2)c1sc(C(C)(C)C)cc1C(=O)N1CCS(=O)(=O)CC1.O=CNc1cccc(N=O)c1. The highest BCUT2D eigenvalue weighted by Crippen LogP contribution is 2.75. The van der Waals surface area contributed by atoms with E-state index in [1.807, 2.05) is 6.07 Å². The topological polar surface area (TPSA) is 116 Å². The number of carbonyl (C=O) groups is 2. The lowest BCUT2D eigenvalue weighted by Gasteiger charge is -2.28. The van der Waals surface area contributed by atoms with Crippen molar-refractivity contribution in [3.05, 3.63) is 45.7 Å². The van der Waals surface area contributed by atoms with Crippen molar-refractivity contribution in [2.24, 2.45) is 16.5 Å². The smallest absolute Gasteiger partial charge is 0.256 e. The largest absolute Gasteiger partial charge is 0.365 e. The van der Waals surface area contributed by atoms with Crippen LogP contribution >= 0.6 is 11.3 Å². The second-order valence-electron chi connectivity index (χ2n) is 11.3. The number of fused-ring (bicyclic) bond motifs is 1. The fraction of sp³-hybridized carbons (Fsp3) is 0.538. The molecule has 3 aliphatic rings. The van der Waals surface area contributed by atoms with Crippen molar-refractivity contribution in [2.75, 3.05) is 48.4 Å². The third-order valence-electron chi connectivity index (χ3n) is 7.24. The van der Waals surface area contributed by atoms with E-state index < -0.39 is 9.84 Å². The Balaban J connectivity index is 0.000000245. The van der Waals surface area contributed by atoms with Crippen LogP contribution in [-0.2, 0) is 20.0 Å². The van der Waals surface area contributed by atoms with Crippen molar-refractivity contribution < 1.29 is 18.0 Å². The zero-order valence-electron chi connectivity index (χ0n) is 21.7. The van der Waals surface area contributed by atoms with Crippen molar-refractivity contribution in [1.82, 2.24) is 4.90 Å². The van der Waals surface area contributed by atoms with E-state index in [-0.39, 0.29) is 22.8 Å². The molecule has 2 aromatic rings. The summed E-state index contributed by atoms with van der Waals surface area (Å²) in [5, 5.41) is 6.15. The summed E-state index contributed by atoms with van der Waals surface area (Å²) in [7, 11) is -0.892. The Morgan fingerprint density at radius 3 is 2.43 bits per heavy atom. The maximum Gasteiger partial charge on any atom is 0.256 e. The van der Waals surface area contributed by atoms with Gasteiger partial charge in [0.05, 0.1) is 17.1 Å². The van der Waals surface area contributed by atoms with Crippen LogP contribution in [0.1, 0.15) is 48.8 Å². The molecule has 1 aliphatic heterocycles. The van der Waals surface area contributed by atoms with Gasteiger partial charge in [0.25, 0.3) is 5.91 Å². The molecule has 0 unspecified atom stereocenters. The van der Waals surface area contributed by atoms with Crippen molar-refractivity contribution >= 4 is 49.9 Å².